The molecule has 19 heavy (non-hydrogen) atoms. The Hall–Kier alpha value is -1.36. The van der Waals surface area contributed by atoms with E-state index in [0.29, 0.717) is 18.5 Å². The summed E-state index contributed by atoms with van der Waals surface area (Å²) >= 11 is 0. The summed E-state index contributed by atoms with van der Waals surface area (Å²) in [5, 5.41) is 6.57. The van der Waals surface area contributed by atoms with Crippen LogP contribution >= 0.6 is 0 Å². The standard InChI is InChI=1S/C14H24N4O/c1-10(11-6-4-5-7-11)16-13-8-12(15-2)17-14(18-13)9-19-3/h8,10-11H,4-7,9H2,1-3H3,(H2,15,16,17,18). The highest BCUT2D eigenvalue weighted by Gasteiger charge is 2.21. The Balaban J connectivity index is 2.07. The molecule has 2 rings (SSSR count). The van der Waals surface area contributed by atoms with E-state index in [2.05, 4.69) is 27.5 Å². The van der Waals surface area contributed by atoms with E-state index < -0.39 is 0 Å². The van der Waals surface area contributed by atoms with E-state index in [-0.39, 0.29) is 0 Å². The van der Waals surface area contributed by atoms with Crippen LogP contribution in [0.2, 0.25) is 0 Å². The lowest BCUT2D eigenvalue weighted by atomic mass is 10.00. The van der Waals surface area contributed by atoms with Gasteiger partial charge in [-0.15, -0.1) is 0 Å². The highest BCUT2D eigenvalue weighted by Crippen LogP contribution is 2.29. The van der Waals surface area contributed by atoms with E-state index >= 15 is 0 Å². The van der Waals surface area contributed by atoms with Crippen molar-refractivity contribution in [3.05, 3.63) is 11.9 Å². The van der Waals surface area contributed by atoms with Crippen molar-refractivity contribution in [3.63, 3.8) is 0 Å². The maximum absolute atomic E-state index is 5.11. The average molecular weight is 264 g/mol. The van der Waals surface area contributed by atoms with Gasteiger partial charge >= 0.3 is 0 Å². The molecular formula is C14H24N4O. The summed E-state index contributed by atoms with van der Waals surface area (Å²) in [6.07, 6.45) is 5.36. The summed E-state index contributed by atoms with van der Waals surface area (Å²) in [5.74, 6) is 3.17. The van der Waals surface area contributed by atoms with Gasteiger partial charge in [0.05, 0.1) is 0 Å². The molecule has 5 heteroatoms. The van der Waals surface area contributed by atoms with E-state index in [0.717, 1.165) is 17.6 Å². The van der Waals surface area contributed by atoms with Crippen LogP contribution in [0.15, 0.2) is 6.07 Å². The predicted octanol–water partition coefficient (Wildman–Crippen LogP) is 2.66. The minimum absolute atomic E-state index is 0.433. The van der Waals surface area contributed by atoms with Crippen LogP contribution in [-0.2, 0) is 11.3 Å². The minimum Gasteiger partial charge on any atom is -0.377 e. The maximum Gasteiger partial charge on any atom is 0.158 e. The van der Waals surface area contributed by atoms with Crippen LogP contribution in [0.5, 0.6) is 0 Å². The first-order valence-electron chi connectivity index (χ1n) is 7.04. The number of hydrogen-bond acceptors (Lipinski definition) is 5. The Bertz CT molecular complexity index is 404. The number of methoxy groups -OCH3 is 1. The zero-order chi connectivity index (χ0) is 13.7. The fourth-order valence-corrected chi connectivity index (χ4v) is 2.70. The van der Waals surface area contributed by atoms with Gasteiger partial charge in [-0.25, -0.2) is 9.97 Å². The fraction of sp³-hybridized carbons (Fsp3) is 0.714. The van der Waals surface area contributed by atoms with Crippen molar-refractivity contribution in [1.82, 2.24) is 9.97 Å². The molecule has 0 radical (unpaired) electrons. The summed E-state index contributed by atoms with van der Waals surface area (Å²) in [7, 11) is 3.52. The molecule has 0 aromatic carbocycles. The van der Waals surface area contributed by atoms with E-state index in [4.69, 9.17) is 4.74 Å². The van der Waals surface area contributed by atoms with E-state index in [1.165, 1.54) is 25.7 Å². The number of ether oxygens (including phenoxy) is 1. The van der Waals surface area contributed by atoms with Crippen molar-refractivity contribution in [2.45, 2.75) is 45.3 Å². The van der Waals surface area contributed by atoms with Crippen molar-refractivity contribution in [1.29, 1.82) is 0 Å². The number of nitrogens with one attached hydrogen (secondary N) is 2. The zero-order valence-corrected chi connectivity index (χ0v) is 12.1. The largest absolute Gasteiger partial charge is 0.377 e. The molecule has 5 nitrogen and oxygen atoms in total. The third-order valence-corrected chi connectivity index (χ3v) is 3.78. The first kappa shape index (κ1) is 14.1. The lowest BCUT2D eigenvalue weighted by Gasteiger charge is -2.21. The van der Waals surface area contributed by atoms with Crippen LogP contribution in [-0.4, -0.2) is 30.2 Å². The molecule has 0 amide bonds. The second-order valence-electron chi connectivity index (χ2n) is 5.22. The molecule has 1 atom stereocenters. The first-order chi connectivity index (χ1) is 9.22. The summed E-state index contributed by atoms with van der Waals surface area (Å²) < 4.78 is 5.11. The summed E-state index contributed by atoms with van der Waals surface area (Å²) in [4.78, 5) is 8.85. The second kappa shape index (κ2) is 6.70. The Morgan fingerprint density at radius 2 is 2.00 bits per heavy atom. The fourth-order valence-electron chi connectivity index (χ4n) is 2.70. The van der Waals surface area contributed by atoms with E-state index in [1.54, 1.807) is 7.11 Å². The van der Waals surface area contributed by atoms with Crippen LogP contribution in [0.25, 0.3) is 0 Å². The summed E-state index contributed by atoms with van der Waals surface area (Å²) in [6.45, 7) is 2.68. The number of nitrogens with zero attached hydrogens (tertiary/aromatic N) is 2. The Morgan fingerprint density at radius 3 is 2.63 bits per heavy atom. The van der Waals surface area contributed by atoms with Crippen molar-refractivity contribution in [2.75, 3.05) is 24.8 Å². The third-order valence-electron chi connectivity index (χ3n) is 3.78. The Labute approximate surface area is 115 Å². The van der Waals surface area contributed by atoms with Crippen molar-refractivity contribution >= 4 is 11.6 Å². The molecule has 0 saturated heterocycles. The smallest absolute Gasteiger partial charge is 0.158 e. The van der Waals surface area contributed by atoms with Crippen LogP contribution in [0.1, 0.15) is 38.4 Å². The predicted molar refractivity (Wildman–Crippen MR) is 77.3 cm³/mol. The van der Waals surface area contributed by atoms with Gasteiger partial charge in [0.15, 0.2) is 5.82 Å². The van der Waals surface area contributed by atoms with E-state index in [9.17, 15) is 0 Å². The molecular weight excluding hydrogens is 240 g/mol. The molecule has 1 unspecified atom stereocenters. The molecule has 2 N–H and O–H groups in total. The van der Waals surface area contributed by atoms with Crippen molar-refractivity contribution < 1.29 is 4.74 Å². The Morgan fingerprint density at radius 1 is 1.32 bits per heavy atom. The second-order valence-corrected chi connectivity index (χ2v) is 5.22. The van der Waals surface area contributed by atoms with Crippen molar-refractivity contribution in [2.24, 2.45) is 5.92 Å². The molecule has 1 saturated carbocycles. The number of rotatable bonds is 6. The summed E-state index contributed by atoms with van der Waals surface area (Å²) in [6, 6.07) is 2.41. The Kier molecular flexibility index (Phi) is 4.96. The van der Waals surface area contributed by atoms with E-state index in [1.807, 2.05) is 13.1 Å². The number of hydrogen-bond donors (Lipinski definition) is 2. The average Bonchev–Trinajstić information content (AvgIpc) is 2.92. The molecule has 1 aromatic heterocycles. The SMILES string of the molecule is CNc1cc(NC(C)C2CCCC2)nc(COC)n1. The number of aromatic nitrogens is 2. The van der Waals surface area contributed by atoms with Gasteiger partial charge in [0.25, 0.3) is 0 Å². The highest BCUT2D eigenvalue weighted by atomic mass is 16.5. The number of anilines is 2. The first-order valence-corrected chi connectivity index (χ1v) is 7.04. The molecule has 0 bridgehead atoms. The van der Waals surface area contributed by atoms with Gasteiger partial charge in [-0.3, -0.25) is 0 Å². The van der Waals surface area contributed by atoms with Gasteiger partial charge in [-0.1, -0.05) is 12.8 Å². The van der Waals surface area contributed by atoms with Gasteiger partial charge in [0, 0.05) is 26.3 Å². The van der Waals surface area contributed by atoms with Crippen LogP contribution < -0.4 is 10.6 Å². The molecule has 1 aliphatic rings. The monoisotopic (exact) mass is 264 g/mol. The minimum atomic E-state index is 0.433. The van der Waals surface area contributed by atoms with Gasteiger partial charge in [0.1, 0.15) is 18.2 Å². The lowest BCUT2D eigenvalue weighted by molar-refractivity contribution is 0.178. The highest BCUT2D eigenvalue weighted by molar-refractivity contribution is 5.47. The van der Waals surface area contributed by atoms with Gasteiger partial charge in [0.2, 0.25) is 0 Å². The molecule has 1 heterocycles. The molecule has 1 fully saturated rings. The molecule has 0 spiro atoms. The summed E-state index contributed by atoms with van der Waals surface area (Å²) in [5.41, 5.74) is 0. The maximum atomic E-state index is 5.11. The molecule has 106 valence electrons. The van der Waals surface area contributed by atoms with Crippen molar-refractivity contribution in [3.8, 4) is 0 Å². The quantitative estimate of drug-likeness (QED) is 0.827. The lowest BCUT2D eigenvalue weighted by Crippen LogP contribution is -2.24. The molecule has 1 aromatic rings. The normalized spacial score (nSPS) is 17.4. The third kappa shape index (κ3) is 3.80. The van der Waals surface area contributed by atoms with Crippen LogP contribution in [0.3, 0.4) is 0 Å². The van der Waals surface area contributed by atoms with Gasteiger partial charge in [-0.05, 0) is 25.7 Å². The van der Waals surface area contributed by atoms with Gasteiger partial charge in [-0.2, -0.15) is 0 Å². The van der Waals surface area contributed by atoms with Crippen LogP contribution in [0, 0.1) is 5.92 Å². The zero-order valence-electron chi connectivity index (χ0n) is 12.1. The molecule has 0 aliphatic heterocycles. The molecule has 1 aliphatic carbocycles. The topological polar surface area (TPSA) is 59.1 Å². The van der Waals surface area contributed by atoms with Crippen LogP contribution in [0.4, 0.5) is 11.6 Å². The van der Waals surface area contributed by atoms with Gasteiger partial charge < -0.3 is 15.4 Å².